The second-order valence-electron chi connectivity index (χ2n) is 5.90. The predicted octanol–water partition coefficient (Wildman–Crippen LogP) is 2.86. The van der Waals surface area contributed by atoms with Crippen LogP contribution in [0.15, 0.2) is 18.2 Å². The van der Waals surface area contributed by atoms with Gasteiger partial charge in [-0.3, -0.25) is 9.59 Å². The van der Waals surface area contributed by atoms with Gasteiger partial charge in [-0.05, 0) is 31.4 Å². The fraction of sp³-hybridized carbons (Fsp3) is 0.556. The molecule has 1 amide bonds. The number of carbonyl (C=O) groups excluding carboxylic acids is 2. The van der Waals surface area contributed by atoms with Crippen LogP contribution < -0.4 is 14.8 Å². The van der Waals surface area contributed by atoms with Gasteiger partial charge in [0.25, 0.3) is 0 Å². The van der Waals surface area contributed by atoms with E-state index < -0.39 is 0 Å². The Hall–Kier alpha value is -2.04. The van der Waals surface area contributed by atoms with Crippen LogP contribution in [-0.4, -0.2) is 25.9 Å². The van der Waals surface area contributed by atoms with Crippen LogP contribution in [0.3, 0.4) is 0 Å². The third-order valence-corrected chi connectivity index (χ3v) is 4.37. The maximum Gasteiger partial charge on any atom is 0.220 e. The fourth-order valence-corrected chi connectivity index (χ4v) is 2.95. The highest BCUT2D eigenvalue weighted by Crippen LogP contribution is 2.25. The molecule has 1 N–H and O–H groups in total. The first kappa shape index (κ1) is 17.3. The summed E-state index contributed by atoms with van der Waals surface area (Å²) < 4.78 is 10.5. The molecular weight excluding hydrogens is 294 g/mol. The van der Waals surface area contributed by atoms with Gasteiger partial charge < -0.3 is 14.8 Å². The summed E-state index contributed by atoms with van der Waals surface area (Å²) in [6.07, 6.45) is 4.76. The molecule has 0 aromatic heterocycles. The van der Waals surface area contributed by atoms with Gasteiger partial charge in [-0.15, -0.1) is 0 Å². The van der Waals surface area contributed by atoms with Crippen molar-refractivity contribution in [2.45, 2.75) is 45.1 Å². The van der Waals surface area contributed by atoms with Crippen LogP contribution in [0.4, 0.5) is 0 Å². The van der Waals surface area contributed by atoms with Gasteiger partial charge in [0, 0.05) is 36.9 Å². The van der Waals surface area contributed by atoms with E-state index in [4.69, 9.17) is 9.47 Å². The third-order valence-electron chi connectivity index (χ3n) is 4.37. The molecule has 1 saturated carbocycles. The van der Waals surface area contributed by atoms with Gasteiger partial charge in [0.15, 0.2) is 0 Å². The molecule has 1 aliphatic rings. The van der Waals surface area contributed by atoms with Crippen molar-refractivity contribution in [1.82, 2.24) is 5.32 Å². The highest BCUT2D eigenvalue weighted by molar-refractivity contribution is 5.82. The minimum absolute atomic E-state index is 0.0266. The zero-order valence-corrected chi connectivity index (χ0v) is 13.9. The van der Waals surface area contributed by atoms with Crippen LogP contribution in [0.1, 0.15) is 44.1 Å². The first-order chi connectivity index (χ1) is 11.1. The second kappa shape index (κ2) is 8.56. The summed E-state index contributed by atoms with van der Waals surface area (Å²) in [5.41, 5.74) is 0.899. The van der Waals surface area contributed by atoms with Gasteiger partial charge in [-0.1, -0.05) is 6.42 Å². The van der Waals surface area contributed by atoms with Crippen LogP contribution in [0.2, 0.25) is 0 Å². The quantitative estimate of drug-likeness (QED) is 0.839. The van der Waals surface area contributed by atoms with Crippen molar-refractivity contribution in [2.75, 3.05) is 14.2 Å². The highest BCUT2D eigenvalue weighted by Gasteiger charge is 2.22. The molecule has 0 aliphatic heterocycles. The molecule has 0 saturated heterocycles. The van der Waals surface area contributed by atoms with E-state index in [0.29, 0.717) is 43.1 Å². The molecule has 23 heavy (non-hydrogen) atoms. The zero-order valence-electron chi connectivity index (χ0n) is 13.9. The number of rotatable bonds is 7. The van der Waals surface area contributed by atoms with Crippen LogP contribution in [0.25, 0.3) is 0 Å². The first-order valence-electron chi connectivity index (χ1n) is 8.14. The minimum atomic E-state index is -0.0266. The molecule has 0 radical (unpaired) electrons. The maximum atomic E-state index is 12.0. The van der Waals surface area contributed by atoms with E-state index in [9.17, 15) is 9.59 Å². The molecular formula is C18H25NO4. The smallest absolute Gasteiger partial charge is 0.220 e. The molecule has 1 aliphatic carbocycles. The van der Waals surface area contributed by atoms with E-state index >= 15 is 0 Å². The highest BCUT2D eigenvalue weighted by atomic mass is 16.5. The van der Waals surface area contributed by atoms with Crippen molar-refractivity contribution in [2.24, 2.45) is 5.92 Å². The molecule has 2 rings (SSSR count). The fourth-order valence-electron chi connectivity index (χ4n) is 2.95. The molecule has 1 unspecified atom stereocenters. The van der Waals surface area contributed by atoms with Crippen LogP contribution in [-0.2, 0) is 16.1 Å². The van der Waals surface area contributed by atoms with Crippen LogP contribution >= 0.6 is 0 Å². The Labute approximate surface area is 137 Å². The number of ketones is 1. The lowest BCUT2D eigenvalue weighted by Crippen LogP contribution is -2.25. The summed E-state index contributed by atoms with van der Waals surface area (Å²) in [5, 5.41) is 2.89. The van der Waals surface area contributed by atoms with Gasteiger partial charge in [0.05, 0.1) is 14.2 Å². The van der Waals surface area contributed by atoms with E-state index in [2.05, 4.69) is 5.32 Å². The maximum absolute atomic E-state index is 12.0. The number of hydrogen-bond donors (Lipinski definition) is 1. The largest absolute Gasteiger partial charge is 0.497 e. The number of methoxy groups -OCH3 is 2. The van der Waals surface area contributed by atoms with Crippen molar-refractivity contribution < 1.29 is 19.1 Å². The zero-order chi connectivity index (χ0) is 16.7. The third kappa shape index (κ3) is 4.98. The Morgan fingerprint density at radius 2 is 2.09 bits per heavy atom. The summed E-state index contributed by atoms with van der Waals surface area (Å²) >= 11 is 0. The SMILES string of the molecule is COc1ccc(CNC(=O)CCC2CCCCC2=O)c(OC)c1. The Bertz CT molecular complexity index is 556. The Morgan fingerprint density at radius 1 is 1.26 bits per heavy atom. The average molecular weight is 319 g/mol. The Kier molecular flexibility index (Phi) is 6.44. The summed E-state index contributed by atoms with van der Waals surface area (Å²) in [4.78, 5) is 23.8. The number of amides is 1. The van der Waals surface area contributed by atoms with E-state index in [1.54, 1.807) is 20.3 Å². The molecule has 0 spiro atoms. The van der Waals surface area contributed by atoms with E-state index in [-0.39, 0.29) is 11.8 Å². The second-order valence-corrected chi connectivity index (χ2v) is 5.90. The summed E-state index contributed by atoms with van der Waals surface area (Å²) in [7, 11) is 3.19. The molecule has 0 heterocycles. The average Bonchev–Trinajstić information content (AvgIpc) is 2.59. The predicted molar refractivity (Wildman–Crippen MR) is 87.6 cm³/mol. The Morgan fingerprint density at radius 3 is 2.78 bits per heavy atom. The topological polar surface area (TPSA) is 64.6 Å². The molecule has 1 aromatic rings. The molecule has 1 atom stereocenters. The van der Waals surface area contributed by atoms with Crippen molar-refractivity contribution in [3.05, 3.63) is 23.8 Å². The summed E-state index contributed by atoms with van der Waals surface area (Å²) in [5.74, 6) is 1.77. The standard InChI is InChI=1S/C18H25NO4/c1-22-15-9-7-14(17(11-15)23-2)12-19-18(21)10-8-13-5-3-4-6-16(13)20/h7,9,11,13H,3-6,8,10,12H2,1-2H3,(H,19,21). The van der Waals surface area contributed by atoms with Gasteiger partial charge in [-0.2, -0.15) is 0 Å². The number of ether oxygens (including phenoxy) is 2. The van der Waals surface area contributed by atoms with Gasteiger partial charge in [0.2, 0.25) is 5.91 Å². The van der Waals surface area contributed by atoms with Crippen molar-refractivity contribution in [1.29, 1.82) is 0 Å². The molecule has 5 heteroatoms. The molecule has 1 aromatic carbocycles. The summed E-state index contributed by atoms with van der Waals surface area (Å²) in [6.45, 7) is 0.407. The van der Waals surface area contributed by atoms with E-state index in [1.807, 2.05) is 12.1 Å². The number of Topliss-reactive ketones (excluding diaryl/α,β-unsaturated/α-hetero) is 1. The molecule has 5 nitrogen and oxygen atoms in total. The van der Waals surface area contributed by atoms with E-state index in [1.165, 1.54) is 0 Å². The van der Waals surface area contributed by atoms with Gasteiger partial charge >= 0.3 is 0 Å². The van der Waals surface area contributed by atoms with Crippen molar-refractivity contribution >= 4 is 11.7 Å². The van der Waals surface area contributed by atoms with Crippen molar-refractivity contribution in [3.63, 3.8) is 0 Å². The number of hydrogen-bond acceptors (Lipinski definition) is 4. The number of nitrogens with one attached hydrogen (secondary N) is 1. The monoisotopic (exact) mass is 319 g/mol. The normalized spacial score (nSPS) is 17.7. The van der Waals surface area contributed by atoms with Gasteiger partial charge in [-0.25, -0.2) is 0 Å². The lowest BCUT2D eigenvalue weighted by Gasteiger charge is -2.20. The van der Waals surface area contributed by atoms with Crippen molar-refractivity contribution in [3.8, 4) is 11.5 Å². The summed E-state index contributed by atoms with van der Waals surface area (Å²) in [6, 6.07) is 5.51. The molecule has 1 fully saturated rings. The molecule has 0 bridgehead atoms. The first-order valence-corrected chi connectivity index (χ1v) is 8.14. The van der Waals surface area contributed by atoms with Gasteiger partial charge in [0.1, 0.15) is 17.3 Å². The lowest BCUT2D eigenvalue weighted by molar-refractivity contribution is -0.125. The minimum Gasteiger partial charge on any atom is -0.497 e. The lowest BCUT2D eigenvalue weighted by atomic mass is 9.85. The molecule has 126 valence electrons. The van der Waals surface area contributed by atoms with Crippen LogP contribution in [0.5, 0.6) is 11.5 Å². The van der Waals surface area contributed by atoms with E-state index in [0.717, 1.165) is 24.8 Å². The number of carbonyl (C=O) groups is 2. The van der Waals surface area contributed by atoms with Crippen LogP contribution in [0, 0.1) is 5.92 Å². The number of benzene rings is 1. The Balaban J connectivity index is 1.81.